The largest absolute Gasteiger partial charge is 0.493 e. The van der Waals surface area contributed by atoms with Gasteiger partial charge < -0.3 is 18.2 Å². The molecule has 2 heterocycles. The van der Waals surface area contributed by atoms with Crippen molar-refractivity contribution < 1.29 is 27.6 Å². The van der Waals surface area contributed by atoms with E-state index in [4.69, 9.17) is 18.2 Å². The van der Waals surface area contributed by atoms with Gasteiger partial charge in [0.25, 0.3) is 0 Å². The van der Waals surface area contributed by atoms with Gasteiger partial charge in [-0.15, -0.1) is 0 Å². The molecular formula is C17H21O6P. The maximum Gasteiger partial charge on any atom is 0.335 e. The first kappa shape index (κ1) is 17.2. The summed E-state index contributed by atoms with van der Waals surface area (Å²) >= 11 is 0. The minimum atomic E-state index is -3.25. The molecule has 1 aliphatic heterocycles. The van der Waals surface area contributed by atoms with Gasteiger partial charge >= 0.3 is 7.60 Å². The number of rotatable bonds is 4. The van der Waals surface area contributed by atoms with Crippen LogP contribution >= 0.6 is 7.60 Å². The van der Waals surface area contributed by atoms with E-state index in [1.165, 1.54) is 7.11 Å². The zero-order chi connectivity index (χ0) is 17.5. The van der Waals surface area contributed by atoms with E-state index in [-0.39, 0.29) is 11.6 Å². The predicted molar refractivity (Wildman–Crippen MR) is 89.9 cm³/mol. The van der Waals surface area contributed by atoms with Crippen LogP contribution in [0.3, 0.4) is 0 Å². The Morgan fingerprint density at radius 2 is 1.96 bits per heavy atom. The number of methoxy groups -OCH3 is 1. The van der Waals surface area contributed by atoms with Crippen LogP contribution in [0, 0.1) is 12.3 Å². The number of carbonyl (C=O) groups excluding carboxylic acids is 1. The number of aldehydes is 1. The number of furan rings is 1. The van der Waals surface area contributed by atoms with Gasteiger partial charge in [-0.25, -0.2) is 0 Å². The molecule has 3 rings (SSSR count). The third kappa shape index (κ3) is 3.14. The molecule has 130 valence electrons. The first-order valence-corrected chi connectivity index (χ1v) is 9.43. The molecule has 0 atom stereocenters. The molecule has 0 saturated carbocycles. The molecule has 0 bridgehead atoms. The summed E-state index contributed by atoms with van der Waals surface area (Å²) in [4.78, 5) is 11.2. The molecule has 1 aliphatic rings. The zero-order valence-electron chi connectivity index (χ0n) is 14.3. The van der Waals surface area contributed by atoms with E-state index in [0.29, 0.717) is 41.3 Å². The van der Waals surface area contributed by atoms with Crippen molar-refractivity contribution in [2.45, 2.75) is 26.9 Å². The average molecular weight is 352 g/mol. The van der Waals surface area contributed by atoms with Crippen molar-refractivity contribution in [3.8, 4) is 5.75 Å². The van der Waals surface area contributed by atoms with E-state index in [0.717, 1.165) is 11.8 Å². The van der Waals surface area contributed by atoms with Gasteiger partial charge in [-0.3, -0.25) is 9.36 Å². The Balaban J connectivity index is 2.02. The topological polar surface area (TPSA) is 75.0 Å². The number of aryl methyl sites for hydroxylation is 1. The average Bonchev–Trinajstić information content (AvgIpc) is 2.86. The Morgan fingerprint density at radius 1 is 1.29 bits per heavy atom. The van der Waals surface area contributed by atoms with Crippen molar-refractivity contribution in [1.29, 1.82) is 0 Å². The maximum absolute atomic E-state index is 12.9. The highest BCUT2D eigenvalue weighted by Crippen LogP contribution is 2.57. The molecule has 0 amide bonds. The molecule has 1 fully saturated rings. The summed E-state index contributed by atoms with van der Waals surface area (Å²) in [5.41, 5.74) is 1.55. The van der Waals surface area contributed by atoms with E-state index in [1.54, 1.807) is 19.1 Å². The Kier molecular flexibility index (Phi) is 4.32. The van der Waals surface area contributed by atoms with Gasteiger partial charge in [-0.05, 0) is 19.1 Å². The Bertz CT molecular complexity index is 821. The van der Waals surface area contributed by atoms with Crippen LogP contribution in [-0.4, -0.2) is 26.6 Å². The third-order valence-corrected chi connectivity index (χ3v) is 5.84. The molecule has 7 heteroatoms. The van der Waals surface area contributed by atoms with Crippen LogP contribution in [0.2, 0.25) is 0 Å². The van der Waals surface area contributed by atoms with Crippen molar-refractivity contribution >= 4 is 24.9 Å². The number of ether oxygens (including phenoxy) is 1. The summed E-state index contributed by atoms with van der Waals surface area (Å²) in [6.07, 6.45) is 0.847. The highest BCUT2D eigenvalue weighted by Gasteiger charge is 2.38. The monoisotopic (exact) mass is 352 g/mol. The zero-order valence-corrected chi connectivity index (χ0v) is 15.1. The predicted octanol–water partition coefficient (Wildman–Crippen LogP) is 4.33. The van der Waals surface area contributed by atoms with Crippen LogP contribution in [0.25, 0.3) is 11.0 Å². The first-order valence-electron chi connectivity index (χ1n) is 7.70. The van der Waals surface area contributed by atoms with E-state index in [1.807, 2.05) is 13.8 Å². The molecule has 24 heavy (non-hydrogen) atoms. The van der Waals surface area contributed by atoms with Crippen molar-refractivity contribution in [2.75, 3.05) is 20.3 Å². The van der Waals surface area contributed by atoms with Gasteiger partial charge in [-0.2, -0.15) is 0 Å². The molecule has 6 nitrogen and oxygen atoms in total. The lowest BCUT2D eigenvalue weighted by Gasteiger charge is -2.34. The molecular weight excluding hydrogens is 331 g/mol. The van der Waals surface area contributed by atoms with E-state index in [9.17, 15) is 9.36 Å². The van der Waals surface area contributed by atoms with Gasteiger partial charge in [0.05, 0.1) is 26.5 Å². The van der Waals surface area contributed by atoms with Crippen LogP contribution < -0.4 is 4.74 Å². The fourth-order valence-corrected chi connectivity index (χ4v) is 4.81. The molecule has 2 aromatic rings. The smallest absolute Gasteiger partial charge is 0.335 e. The van der Waals surface area contributed by atoms with Gasteiger partial charge in [0.15, 0.2) is 11.3 Å². The third-order valence-electron chi connectivity index (χ3n) is 4.09. The molecule has 0 N–H and O–H groups in total. The standard InChI is InChI=1S/C17H21O6P/c1-11-14(8-24(19)21-9-17(2,3)10-22-24)13-5-12(7-18)6-15(20-4)16(13)23-11/h5-7H,8-10H2,1-4H3. The number of carbonyl (C=O) groups is 1. The van der Waals surface area contributed by atoms with Crippen LogP contribution in [-0.2, 0) is 19.8 Å². The fraction of sp³-hybridized carbons (Fsp3) is 0.471. The van der Waals surface area contributed by atoms with Gasteiger partial charge in [-0.1, -0.05) is 13.8 Å². The van der Waals surface area contributed by atoms with Crippen LogP contribution in [0.1, 0.15) is 35.5 Å². The Labute approximate surface area is 140 Å². The van der Waals surface area contributed by atoms with E-state index >= 15 is 0 Å². The minimum Gasteiger partial charge on any atom is -0.493 e. The summed E-state index contributed by atoms with van der Waals surface area (Å²) in [6.45, 7) is 6.53. The lowest BCUT2D eigenvalue weighted by Crippen LogP contribution is -2.29. The second-order valence-corrected chi connectivity index (χ2v) is 8.89. The quantitative estimate of drug-likeness (QED) is 0.602. The van der Waals surface area contributed by atoms with E-state index < -0.39 is 7.60 Å². The fourth-order valence-electron chi connectivity index (χ4n) is 2.68. The van der Waals surface area contributed by atoms with Crippen molar-refractivity contribution in [1.82, 2.24) is 0 Å². The number of hydrogen-bond donors (Lipinski definition) is 0. The number of fused-ring (bicyclic) bond motifs is 1. The Morgan fingerprint density at radius 3 is 2.54 bits per heavy atom. The molecule has 1 saturated heterocycles. The highest BCUT2D eigenvalue weighted by molar-refractivity contribution is 7.53. The molecule has 0 unspecified atom stereocenters. The normalized spacial score (nSPS) is 19.3. The Hall–Kier alpha value is -1.62. The second-order valence-electron chi connectivity index (χ2n) is 6.83. The number of benzene rings is 1. The highest BCUT2D eigenvalue weighted by atomic mass is 31.2. The summed E-state index contributed by atoms with van der Waals surface area (Å²) in [7, 11) is -1.74. The minimum absolute atomic E-state index is 0.105. The number of hydrogen-bond acceptors (Lipinski definition) is 6. The first-order chi connectivity index (χ1) is 11.3. The molecule has 0 spiro atoms. The molecule has 1 aromatic carbocycles. The summed E-state index contributed by atoms with van der Waals surface area (Å²) in [5.74, 6) is 1.08. The van der Waals surface area contributed by atoms with Crippen LogP contribution in [0.5, 0.6) is 5.75 Å². The lowest BCUT2D eigenvalue weighted by molar-refractivity contribution is 0.0409. The van der Waals surface area contributed by atoms with Crippen LogP contribution in [0.4, 0.5) is 0 Å². The van der Waals surface area contributed by atoms with Crippen LogP contribution in [0.15, 0.2) is 16.5 Å². The molecule has 1 aromatic heterocycles. The second kappa shape index (κ2) is 6.03. The molecule has 0 aliphatic carbocycles. The van der Waals surface area contributed by atoms with Gasteiger partial charge in [0.2, 0.25) is 0 Å². The van der Waals surface area contributed by atoms with Crippen molar-refractivity contribution in [3.05, 3.63) is 29.0 Å². The summed E-state index contributed by atoms with van der Waals surface area (Å²) < 4.78 is 35.1. The summed E-state index contributed by atoms with van der Waals surface area (Å²) in [5, 5.41) is 0.696. The van der Waals surface area contributed by atoms with Gasteiger partial charge in [0.1, 0.15) is 12.0 Å². The molecule has 0 radical (unpaired) electrons. The SMILES string of the molecule is COc1cc(C=O)cc2c(CP3(=O)OCC(C)(C)CO3)c(C)oc12. The van der Waals surface area contributed by atoms with Crippen molar-refractivity contribution in [2.24, 2.45) is 5.41 Å². The van der Waals surface area contributed by atoms with Crippen molar-refractivity contribution in [3.63, 3.8) is 0 Å². The lowest BCUT2D eigenvalue weighted by atomic mass is 9.97. The van der Waals surface area contributed by atoms with Gasteiger partial charge in [0, 0.05) is 21.9 Å². The summed E-state index contributed by atoms with van der Waals surface area (Å²) in [6, 6.07) is 3.32. The van der Waals surface area contributed by atoms with E-state index in [2.05, 4.69) is 0 Å². The maximum atomic E-state index is 12.9.